The molecule has 1 aromatic carbocycles. The first kappa shape index (κ1) is 24.5. The topological polar surface area (TPSA) is 102 Å². The summed E-state index contributed by atoms with van der Waals surface area (Å²) in [7, 11) is 5.35. The van der Waals surface area contributed by atoms with Crippen molar-refractivity contribution in [3.8, 4) is 0 Å². The zero-order valence-corrected chi connectivity index (χ0v) is 20.9. The van der Waals surface area contributed by atoms with Gasteiger partial charge in [0.25, 0.3) is 5.56 Å². The summed E-state index contributed by atoms with van der Waals surface area (Å²) in [5.41, 5.74) is 1.13. The maximum atomic E-state index is 13.0. The Labute approximate surface area is 196 Å². The predicted molar refractivity (Wildman–Crippen MR) is 133 cm³/mol. The molecular weight excluding hydrogens is 440 g/mol. The molecule has 0 fully saturated rings. The van der Waals surface area contributed by atoms with Gasteiger partial charge < -0.3 is 10.2 Å². The number of carbonyl (C=O) groups excluding carboxylic acids is 1. The molecule has 0 unspecified atom stereocenters. The largest absolute Gasteiger partial charge is 0.378 e. The van der Waals surface area contributed by atoms with E-state index in [1.807, 2.05) is 57.1 Å². The number of aromatic nitrogens is 4. The summed E-state index contributed by atoms with van der Waals surface area (Å²) in [5.74, 6) is 0.398. The average molecular weight is 471 g/mol. The summed E-state index contributed by atoms with van der Waals surface area (Å²) in [6.45, 7) is 7.87. The molecule has 3 rings (SSSR count). The van der Waals surface area contributed by atoms with Gasteiger partial charge in [-0.05, 0) is 44.0 Å². The second-order valence-electron chi connectivity index (χ2n) is 8.62. The Balaban J connectivity index is 1.96. The van der Waals surface area contributed by atoms with E-state index in [1.54, 1.807) is 13.8 Å². The number of anilines is 2. The lowest BCUT2D eigenvalue weighted by Crippen LogP contribution is -2.39. The molecule has 0 spiro atoms. The van der Waals surface area contributed by atoms with E-state index in [0.29, 0.717) is 28.7 Å². The Bertz CT molecular complexity index is 1290. The zero-order chi connectivity index (χ0) is 24.4. The first-order chi connectivity index (χ1) is 15.5. The summed E-state index contributed by atoms with van der Waals surface area (Å²) in [6.07, 6.45) is 0. The van der Waals surface area contributed by atoms with Crippen LogP contribution in [0.5, 0.6) is 0 Å². The molecule has 9 nitrogen and oxygen atoms in total. The van der Waals surface area contributed by atoms with Crippen molar-refractivity contribution in [2.24, 2.45) is 13.0 Å². The van der Waals surface area contributed by atoms with Crippen LogP contribution < -0.4 is 21.5 Å². The third-order valence-corrected chi connectivity index (χ3v) is 6.20. The Kier molecular flexibility index (Phi) is 7.26. The first-order valence-electron chi connectivity index (χ1n) is 10.7. The fraction of sp³-hybridized carbons (Fsp3) is 0.435. The number of rotatable bonds is 7. The number of fused-ring (bicyclic) bond motifs is 1. The molecule has 176 valence electrons. The molecule has 33 heavy (non-hydrogen) atoms. The van der Waals surface area contributed by atoms with E-state index in [0.717, 1.165) is 10.3 Å². The van der Waals surface area contributed by atoms with E-state index in [-0.39, 0.29) is 17.2 Å². The number of nitrogens with zero attached hydrogens (tertiary/aromatic N) is 5. The minimum Gasteiger partial charge on any atom is -0.378 e. The number of hydrogen-bond acceptors (Lipinski definition) is 7. The van der Waals surface area contributed by atoms with Crippen LogP contribution >= 0.6 is 11.8 Å². The summed E-state index contributed by atoms with van der Waals surface area (Å²) in [5, 5.41) is 3.01. The summed E-state index contributed by atoms with van der Waals surface area (Å²) >= 11 is 1.18. The van der Waals surface area contributed by atoms with Gasteiger partial charge in [-0.2, -0.15) is 0 Å². The Hall–Kier alpha value is -3.14. The molecule has 2 aromatic heterocycles. The van der Waals surface area contributed by atoms with Gasteiger partial charge in [-0.25, -0.2) is 14.8 Å². The zero-order valence-electron chi connectivity index (χ0n) is 20.0. The Morgan fingerprint density at radius 2 is 1.76 bits per heavy atom. The number of benzene rings is 1. The van der Waals surface area contributed by atoms with Crippen LogP contribution in [0.3, 0.4) is 0 Å². The van der Waals surface area contributed by atoms with Crippen LogP contribution in [0.4, 0.5) is 11.4 Å². The van der Waals surface area contributed by atoms with E-state index < -0.39 is 16.5 Å². The van der Waals surface area contributed by atoms with Gasteiger partial charge in [0, 0.05) is 39.1 Å². The molecule has 0 saturated carbocycles. The van der Waals surface area contributed by atoms with E-state index in [2.05, 4.69) is 15.3 Å². The van der Waals surface area contributed by atoms with Crippen molar-refractivity contribution in [1.82, 2.24) is 19.1 Å². The number of thioether (sulfide) groups is 1. The van der Waals surface area contributed by atoms with Crippen molar-refractivity contribution < 1.29 is 4.79 Å². The smallest absolute Gasteiger partial charge is 0.332 e. The third kappa shape index (κ3) is 5.27. The van der Waals surface area contributed by atoms with E-state index in [9.17, 15) is 14.4 Å². The van der Waals surface area contributed by atoms with Crippen LogP contribution in [0, 0.1) is 12.8 Å². The quantitative estimate of drug-likeness (QED) is 0.418. The minimum atomic E-state index is -0.536. The van der Waals surface area contributed by atoms with Crippen LogP contribution in [0.15, 0.2) is 38.9 Å². The van der Waals surface area contributed by atoms with Gasteiger partial charge in [-0.1, -0.05) is 25.6 Å². The Morgan fingerprint density at radius 3 is 2.33 bits per heavy atom. The lowest BCUT2D eigenvalue weighted by Gasteiger charge is -2.17. The fourth-order valence-corrected chi connectivity index (χ4v) is 4.35. The van der Waals surface area contributed by atoms with Crippen molar-refractivity contribution in [3.05, 3.63) is 50.9 Å². The number of amides is 1. The Morgan fingerprint density at radius 1 is 1.12 bits per heavy atom. The van der Waals surface area contributed by atoms with Crippen molar-refractivity contribution in [2.75, 3.05) is 24.3 Å². The van der Waals surface area contributed by atoms with Crippen molar-refractivity contribution in [2.45, 2.75) is 44.5 Å². The third-order valence-electron chi connectivity index (χ3n) is 5.12. The minimum absolute atomic E-state index is 0.179. The highest BCUT2D eigenvalue weighted by Gasteiger charge is 2.22. The van der Waals surface area contributed by atoms with Crippen LogP contribution in [-0.2, 0) is 18.4 Å². The molecule has 0 saturated heterocycles. The lowest BCUT2D eigenvalue weighted by atomic mass is 10.2. The molecular formula is C23H30N6O3S. The van der Waals surface area contributed by atoms with Gasteiger partial charge in [0.2, 0.25) is 5.91 Å². The molecule has 3 aromatic rings. The molecule has 0 radical (unpaired) electrons. The van der Waals surface area contributed by atoms with Gasteiger partial charge in [-0.15, -0.1) is 0 Å². The van der Waals surface area contributed by atoms with Crippen molar-refractivity contribution >= 4 is 40.1 Å². The van der Waals surface area contributed by atoms with Gasteiger partial charge in [-0.3, -0.25) is 18.7 Å². The first-order valence-corrected chi connectivity index (χ1v) is 11.6. The summed E-state index contributed by atoms with van der Waals surface area (Å²) < 4.78 is 2.59. The number of nitrogens with one attached hydrogen (secondary N) is 1. The molecule has 0 bridgehead atoms. The lowest BCUT2D eigenvalue weighted by molar-refractivity contribution is -0.115. The van der Waals surface area contributed by atoms with Gasteiger partial charge >= 0.3 is 5.69 Å². The van der Waals surface area contributed by atoms with Gasteiger partial charge in [0.15, 0.2) is 5.65 Å². The highest BCUT2D eigenvalue weighted by Crippen LogP contribution is 2.27. The van der Waals surface area contributed by atoms with E-state index >= 15 is 0 Å². The fourth-order valence-electron chi connectivity index (χ4n) is 3.36. The van der Waals surface area contributed by atoms with Gasteiger partial charge in [0.1, 0.15) is 16.2 Å². The van der Waals surface area contributed by atoms with Crippen LogP contribution in [-0.4, -0.2) is 44.4 Å². The van der Waals surface area contributed by atoms with E-state index in [4.69, 9.17) is 0 Å². The normalized spacial score (nSPS) is 12.2. The molecule has 1 amide bonds. The summed E-state index contributed by atoms with van der Waals surface area (Å²) in [6, 6.07) is 7.53. The van der Waals surface area contributed by atoms with Crippen LogP contribution in [0.2, 0.25) is 0 Å². The van der Waals surface area contributed by atoms with Crippen LogP contribution in [0.25, 0.3) is 11.0 Å². The molecule has 2 heterocycles. The van der Waals surface area contributed by atoms with Crippen molar-refractivity contribution in [3.63, 3.8) is 0 Å². The number of hydrogen-bond donors (Lipinski definition) is 1. The van der Waals surface area contributed by atoms with E-state index in [1.165, 1.54) is 23.4 Å². The highest BCUT2D eigenvalue weighted by molar-refractivity contribution is 8.00. The molecule has 0 aliphatic heterocycles. The SMILES string of the molecule is Cc1nc(S[C@@H](C)C(=O)Nc2ccc(N(C)C)cc2)c2c(=O)n(C)c(=O)n(CC(C)C)c2n1. The second kappa shape index (κ2) is 9.78. The average Bonchev–Trinajstić information content (AvgIpc) is 2.75. The van der Waals surface area contributed by atoms with Gasteiger partial charge in [0.05, 0.1) is 5.25 Å². The molecule has 1 N–H and O–H groups in total. The standard InChI is InChI=1S/C23H30N6O3S/c1-13(2)12-29-19-18(22(31)28(7)23(29)32)21(25-15(4)24-19)33-14(3)20(30)26-16-8-10-17(11-9-16)27(5)6/h8-11,13-14H,12H2,1-7H3,(H,26,30)/t14-/m0/s1. The molecule has 0 aliphatic rings. The maximum Gasteiger partial charge on any atom is 0.332 e. The number of carbonyl (C=O) groups is 1. The van der Waals surface area contributed by atoms with Crippen molar-refractivity contribution in [1.29, 1.82) is 0 Å². The molecule has 0 aliphatic carbocycles. The van der Waals surface area contributed by atoms with Crippen LogP contribution in [0.1, 0.15) is 26.6 Å². The number of aryl methyl sites for hydroxylation is 1. The summed E-state index contributed by atoms with van der Waals surface area (Å²) in [4.78, 5) is 49.4. The maximum absolute atomic E-state index is 13.0. The second-order valence-corrected chi connectivity index (χ2v) is 9.95. The predicted octanol–water partition coefficient (Wildman–Crippen LogP) is 2.64. The monoisotopic (exact) mass is 470 g/mol. The molecule has 10 heteroatoms. The molecule has 1 atom stereocenters. The highest BCUT2D eigenvalue weighted by atomic mass is 32.2.